The standard InChI is InChI=1S/C12H21N5O3/c1-4-6-17-9(13)8(11(19)16-12(17)20)15-7(3)10(18)14-5-2/h7,15H,4-6,13H2,1-3H3,(H,14,18)(H,16,19,20). The second kappa shape index (κ2) is 6.78. The Morgan fingerprint density at radius 3 is 2.60 bits per heavy atom. The highest BCUT2D eigenvalue weighted by atomic mass is 16.2. The van der Waals surface area contributed by atoms with Gasteiger partial charge in [-0.25, -0.2) is 4.79 Å². The zero-order chi connectivity index (χ0) is 15.3. The van der Waals surface area contributed by atoms with Crippen LogP contribution >= 0.6 is 0 Å². The summed E-state index contributed by atoms with van der Waals surface area (Å²) < 4.78 is 1.27. The minimum atomic E-state index is -0.633. The van der Waals surface area contributed by atoms with Crippen LogP contribution in [0.3, 0.4) is 0 Å². The second-order valence-corrected chi connectivity index (χ2v) is 4.43. The van der Waals surface area contributed by atoms with E-state index in [2.05, 4.69) is 15.6 Å². The Hall–Kier alpha value is -2.25. The first-order valence-corrected chi connectivity index (χ1v) is 6.59. The smallest absolute Gasteiger partial charge is 0.330 e. The van der Waals surface area contributed by atoms with E-state index in [9.17, 15) is 14.4 Å². The summed E-state index contributed by atoms with van der Waals surface area (Å²) in [6.07, 6.45) is 0.696. The van der Waals surface area contributed by atoms with Gasteiger partial charge < -0.3 is 16.4 Å². The molecule has 1 unspecified atom stereocenters. The van der Waals surface area contributed by atoms with E-state index in [0.29, 0.717) is 19.5 Å². The number of anilines is 2. The van der Waals surface area contributed by atoms with Crippen LogP contribution in [0.5, 0.6) is 0 Å². The maximum absolute atomic E-state index is 11.8. The third kappa shape index (κ3) is 3.40. The molecule has 20 heavy (non-hydrogen) atoms. The topological polar surface area (TPSA) is 122 Å². The molecule has 0 radical (unpaired) electrons. The van der Waals surface area contributed by atoms with Crippen LogP contribution in [0.2, 0.25) is 0 Å². The van der Waals surface area contributed by atoms with Crippen LogP contribution in [-0.4, -0.2) is 28.0 Å². The fraction of sp³-hybridized carbons (Fsp3) is 0.583. The van der Waals surface area contributed by atoms with Crippen molar-refractivity contribution in [1.82, 2.24) is 14.9 Å². The van der Waals surface area contributed by atoms with Crippen LogP contribution < -0.4 is 27.6 Å². The van der Waals surface area contributed by atoms with Crippen LogP contribution in [0.4, 0.5) is 11.5 Å². The molecule has 112 valence electrons. The molecule has 0 aromatic carbocycles. The summed E-state index contributed by atoms with van der Waals surface area (Å²) in [5, 5.41) is 5.38. The van der Waals surface area contributed by atoms with E-state index in [-0.39, 0.29) is 17.4 Å². The highest BCUT2D eigenvalue weighted by molar-refractivity contribution is 5.84. The molecule has 0 bridgehead atoms. The lowest BCUT2D eigenvalue weighted by Crippen LogP contribution is -2.41. The number of nitrogens with one attached hydrogen (secondary N) is 3. The Bertz CT molecular complexity index is 590. The number of carbonyl (C=O) groups is 1. The number of likely N-dealkylation sites (N-methyl/N-ethyl adjacent to an activating group) is 1. The molecule has 5 N–H and O–H groups in total. The lowest BCUT2D eigenvalue weighted by Gasteiger charge is -2.17. The average molecular weight is 283 g/mol. The number of H-pyrrole nitrogens is 1. The Balaban J connectivity index is 3.12. The lowest BCUT2D eigenvalue weighted by molar-refractivity contribution is -0.121. The number of nitrogens with zero attached hydrogens (tertiary/aromatic N) is 1. The van der Waals surface area contributed by atoms with Crippen LogP contribution in [0.25, 0.3) is 0 Å². The van der Waals surface area contributed by atoms with Crippen LogP contribution in [0.15, 0.2) is 9.59 Å². The van der Waals surface area contributed by atoms with E-state index < -0.39 is 17.3 Å². The quantitative estimate of drug-likeness (QED) is 0.559. The van der Waals surface area contributed by atoms with Crippen molar-refractivity contribution in [3.8, 4) is 0 Å². The molecule has 8 nitrogen and oxygen atoms in total. The molecule has 1 rings (SSSR count). The summed E-state index contributed by atoms with van der Waals surface area (Å²) in [5.74, 6) is -0.212. The molecule has 1 aromatic rings. The molecule has 1 heterocycles. The zero-order valence-corrected chi connectivity index (χ0v) is 11.9. The van der Waals surface area contributed by atoms with Crippen molar-refractivity contribution in [2.75, 3.05) is 17.6 Å². The highest BCUT2D eigenvalue weighted by Gasteiger charge is 2.17. The van der Waals surface area contributed by atoms with E-state index in [1.54, 1.807) is 13.8 Å². The zero-order valence-electron chi connectivity index (χ0n) is 11.9. The summed E-state index contributed by atoms with van der Waals surface area (Å²) in [6.45, 7) is 6.19. The Kier molecular flexibility index (Phi) is 5.36. The minimum Gasteiger partial charge on any atom is -0.383 e. The number of hydrogen-bond acceptors (Lipinski definition) is 5. The first-order chi connectivity index (χ1) is 9.42. The van der Waals surface area contributed by atoms with Crippen LogP contribution in [0, 0.1) is 0 Å². The molecule has 1 atom stereocenters. The largest absolute Gasteiger partial charge is 0.383 e. The molecule has 0 aliphatic carbocycles. The average Bonchev–Trinajstić information content (AvgIpc) is 2.39. The van der Waals surface area contributed by atoms with E-state index in [1.807, 2.05) is 6.92 Å². The number of aromatic amines is 1. The third-order valence-electron chi connectivity index (χ3n) is 2.79. The van der Waals surface area contributed by atoms with Gasteiger partial charge in [-0.1, -0.05) is 6.92 Å². The summed E-state index contributed by atoms with van der Waals surface area (Å²) in [4.78, 5) is 37.3. The van der Waals surface area contributed by atoms with E-state index in [4.69, 9.17) is 5.73 Å². The van der Waals surface area contributed by atoms with Crippen LogP contribution in [0.1, 0.15) is 27.2 Å². The third-order valence-corrected chi connectivity index (χ3v) is 2.79. The first-order valence-electron chi connectivity index (χ1n) is 6.59. The van der Waals surface area contributed by atoms with E-state index in [1.165, 1.54) is 4.57 Å². The van der Waals surface area contributed by atoms with Gasteiger partial charge in [-0.2, -0.15) is 0 Å². The predicted molar refractivity (Wildman–Crippen MR) is 77.8 cm³/mol. The molecule has 0 spiro atoms. The number of carbonyl (C=O) groups excluding carboxylic acids is 1. The van der Waals surface area contributed by atoms with Gasteiger partial charge in [-0.15, -0.1) is 0 Å². The molecule has 1 aromatic heterocycles. The van der Waals surface area contributed by atoms with Crippen molar-refractivity contribution in [3.63, 3.8) is 0 Å². The van der Waals surface area contributed by atoms with Gasteiger partial charge >= 0.3 is 5.69 Å². The minimum absolute atomic E-state index is 0.0387. The molecular formula is C12H21N5O3. The van der Waals surface area contributed by atoms with E-state index in [0.717, 1.165) is 0 Å². The lowest BCUT2D eigenvalue weighted by atomic mass is 10.3. The van der Waals surface area contributed by atoms with Crippen molar-refractivity contribution < 1.29 is 4.79 Å². The molecule has 0 aliphatic rings. The monoisotopic (exact) mass is 283 g/mol. The molecule has 0 fully saturated rings. The van der Waals surface area contributed by atoms with Gasteiger partial charge in [0.15, 0.2) is 0 Å². The molecule has 8 heteroatoms. The van der Waals surface area contributed by atoms with Crippen molar-refractivity contribution in [2.45, 2.75) is 39.8 Å². The summed E-state index contributed by atoms with van der Waals surface area (Å²) >= 11 is 0. The van der Waals surface area contributed by atoms with Gasteiger partial charge in [-0.05, 0) is 20.3 Å². The first kappa shape index (κ1) is 15.8. The van der Waals surface area contributed by atoms with Gasteiger partial charge in [-0.3, -0.25) is 19.1 Å². The van der Waals surface area contributed by atoms with Crippen molar-refractivity contribution in [2.24, 2.45) is 0 Å². The van der Waals surface area contributed by atoms with Gasteiger partial charge in [0.25, 0.3) is 5.56 Å². The summed E-state index contributed by atoms with van der Waals surface area (Å²) in [7, 11) is 0. The molecular weight excluding hydrogens is 262 g/mol. The number of rotatable bonds is 6. The Labute approximate surface area is 116 Å². The SMILES string of the molecule is CCCn1c(N)c(NC(C)C(=O)NCC)c(=O)[nH]c1=O. The second-order valence-electron chi connectivity index (χ2n) is 4.43. The number of hydrogen-bond donors (Lipinski definition) is 4. The van der Waals surface area contributed by atoms with Crippen LogP contribution in [-0.2, 0) is 11.3 Å². The fourth-order valence-corrected chi connectivity index (χ4v) is 1.78. The maximum atomic E-state index is 11.8. The fourth-order valence-electron chi connectivity index (χ4n) is 1.78. The maximum Gasteiger partial charge on any atom is 0.330 e. The Morgan fingerprint density at radius 1 is 1.40 bits per heavy atom. The normalized spacial score (nSPS) is 11.9. The highest BCUT2D eigenvalue weighted by Crippen LogP contribution is 2.11. The molecule has 0 saturated carbocycles. The van der Waals surface area contributed by atoms with Crippen molar-refractivity contribution in [1.29, 1.82) is 0 Å². The molecule has 0 aliphatic heterocycles. The summed E-state index contributed by atoms with van der Waals surface area (Å²) in [5.41, 5.74) is 4.70. The van der Waals surface area contributed by atoms with Crippen molar-refractivity contribution in [3.05, 3.63) is 20.8 Å². The molecule has 0 saturated heterocycles. The van der Waals surface area contributed by atoms with Crippen molar-refractivity contribution >= 4 is 17.4 Å². The number of nitrogens with two attached hydrogens (primary N) is 1. The van der Waals surface area contributed by atoms with Gasteiger partial charge in [0.05, 0.1) is 0 Å². The van der Waals surface area contributed by atoms with Gasteiger partial charge in [0, 0.05) is 13.1 Å². The predicted octanol–water partition coefficient (Wildman–Crippen LogP) is -0.535. The molecule has 1 amide bonds. The van der Waals surface area contributed by atoms with Gasteiger partial charge in [0.1, 0.15) is 17.5 Å². The Morgan fingerprint density at radius 2 is 2.05 bits per heavy atom. The number of nitrogen functional groups attached to an aromatic ring is 1. The van der Waals surface area contributed by atoms with Gasteiger partial charge in [0.2, 0.25) is 5.91 Å². The number of aromatic nitrogens is 2. The van der Waals surface area contributed by atoms with E-state index >= 15 is 0 Å². The number of amides is 1. The summed E-state index contributed by atoms with van der Waals surface area (Å²) in [6, 6.07) is -0.633.